The average Bonchev–Trinajstić information content (AvgIpc) is 2.87. The predicted molar refractivity (Wildman–Crippen MR) is 73.6 cm³/mol. The Morgan fingerprint density at radius 1 is 1.59 bits per heavy atom. The van der Waals surface area contributed by atoms with Gasteiger partial charge in [0.05, 0.1) is 10.7 Å². The molecule has 1 aliphatic rings. The molecule has 2 atom stereocenters. The Morgan fingerprint density at radius 3 is 2.88 bits per heavy atom. The molecule has 0 radical (unpaired) electrons. The maximum absolute atomic E-state index is 5.85. The third-order valence-corrected chi connectivity index (χ3v) is 4.74. The van der Waals surface area contributed by atoms with Crippen LogP contribution >= 0.6 is 11.3 Å². The fourth-order valence-electron chi connectivity index (χ4n) is 2.53. The van der Waals surface area contributed by atoms with Gasteiger partial charge in [-0.3, -0.25) is 0 Å². The lowest BCUT2D eigenvalue weighted by atomic mass is 9.93. The van der Waals surface area contributed by atoms with Crippen LogP contribution < -0.4 is 5.73 Å². The van der Waals surface area contributed by atoms with Crippen LogP contribution in [0.4, 0.5) is 0 Å². The van der Waals surface area contributed by atoms with E-state index in [1.54, 1.807) is 0 Å². The van der Waals surface area contributed by atoms with Crippen molar-refractivity contribution in [2.75, 3.05) is 26.7 Å². The summed E-state index contributed by atoms with van der Waals surface area (Å²) in [4.78, 5) is 7.21. The van der Waals surface area contributed by atoms with Crippen molar-refractivity contribution in [2.24, 2.45) is 11.7 Å². The van der Waals surface area contributed by atoms with Crippen LogP contribution in [0.3, 0.4) is 0 Å². The SMILES string of the molecule is CC(C)C(CN)c1csc(C2CCN(C)C2)n1. The highest BCUT2D eigenvalue weighted by molar-refractivity contribution is 7.09. The van der Waals surface area contributed by atoms with Crippen LogP contribution in [0.1, 0.15) is 42.8 Å². The van der Waals surface area contributed by atoms with Crippen molar-refractivity contribution >= 4 is 11.3 Å². The summed E-state index contributed by atoms with van der Waals surface area (Å²) in [5.41, 5.74) is 7.05. The second-order valence-electron chi connectivity index (χ2n) is 5.44. The first-order chi connectivity index (χ1) is 8.11. The zero-order chi connectivity index (χ0) is 12.4. The number of thiazole rings is 1. The Kier molecular flexibility index (Phi) is 4.17. The predicted octanol–water partition coefficient (Wildman–Crippen LogP) is 2.26. The first-order valence-electron chi connectivity index (χ1n) is 6.45. The molecule has 0 spiro atoms. The summed E-state index contributed by atoms with van der Waals surface area (Å²) < 4.78 is 0. The summed E-state index contributed by atoms with van der Waals surface area (Å²) in [5, 5.41) is 3.52. The van der Waals surface area contributed by atoms with Gasteiger partial charge in [0.2, 0.25) is 0 Å². The molecule has 3 nitrogen and oxygen atoms in total. The van der Waals surface area contributed by atoms with E-state index in [0.717, 1.165) is 6.54 Å². The van der Waals surface area contributed by atoms with Gasteiger partial charge in [-0.15, -0.1) is 11.3 Å². The summed E-state index contributed by atoms with van der Waals surface area (Å²) in [7, 11) is 2.19. The maximum Gasteiger partial charge on any atom is 0.0972 e. The minimum absolute atomic E-state index is 0.416. The quantitative estimate of drug-likeness (QED) is 0.895. The van der Waals surface area contributed by atoms with E-state index < -0.39 is 0 Å². The Bertz CT molecular complexity index is 361. The smallest absolute Gasteiger partial charge is 0.0972 e. The van der Waals surface area contributed by atoms with Crippen molar-refractivity contribution in [1.82, 2.24) is 9.88 Å². The van der Waals surface area contributed by atoms with Gasteiger partial charge in [-0.2, -0.15) is 0 Å². The van der Waals surface area contributed by atoms with E-state index in [4.69, 9.17) is 10.7 Å². The van der Waals surface area contributed by atoms with Gasteiger partial charge in [0, 0.05) is 30.3 Å². The first kappa shape index (κ1) is 13.0. The third-order valence-electron chi connectivity index (χ3n) is 3.72. The van der Waals surface area contributed by atoms with Crippen molar-refractivity contribution in [2.45, 2.75) is 32.1 Å². The molecule has 0 amide bonds. The Labute approximate surface area is 108 Å². The molecule has 2 N–H and O–H groups in total. The molecule has 0 saturated carbocycles. The van der Waals surface area contributed by atoms with Gasteiger partial charge in [-0.25, -0.2) is 4.98 Å². The van der Waals surface area contributed by atoms with Crippen LogP contribution in [-0.2, 0) is 0 Å². The van der Waals surface area contributed by atoms with E-state index in [2.05, 4.69) is 31.2 Å². The van der Waals surface area contributed by atoms with Crippen LogP contribution in [0, 0.1) is 5.92 Å². The molecule has 1 aliphatic heterocycles. The number of nitrogens with two attached hydrogens (primary N) is 1. The topological polar surface area (TPSA) is 42.1 Å². The second-order valence-corrected chi connectivity index (χ2v) is 6.33. The number of hydrogen-bond acceptors (Lipinski definition) is 4. The number of likely N-dealkylation sites (tertiary alicyclic amines) is 1. The zero-order valence-electron chi connectivity index (χ0n) is 11.0. The molecule has 96 valence electrons. The molecular formula is C13H23N3S. The highest BCUT2D eigenvalue weighted by Crippen LogP contribution is 2.32. The first-order valence-corrected chi connectivity index (χ1v) is 7.33. The number of nitrogens with zero attached hydrogens (tertiary/aromatic N) is 2. The lowest BCUT2D eigenvalue weighted by Gasteiger charge is -2.16. The highest BCUT2D eigenvalue weighted by Gasteiger charge is 2.25. The van der Waals surface area contributed by atoms with E-state index in [1.807, 2.05) is 11.3 Å². The van der Waals surface area contributed by atoms with Crippen LogP contribution in [0.25, 0.3) is 0 Å². The number of likely N-dealkylation sites (N-methyl/N-ethyl adjacent to an activating group) is 1. The van der Waals surface area contributed by atoms with Crippen molar-refractivity contribution in [1.29, 1.82) is 0 Å². The molecule has 2 heterocycles. The average molecular weight is 253 g/mol. The van der Waals surface area contributed by atoms with Gasteiger partial charge in [-0.05, 0) is 25.9 Å². The van der Waals surface area contributed by atoms with Crippen LogP contribution in [0.15, 0.2) is 5.38 Å². The lowest BCUT2D eigenvalue weighted by molar-refractivity contribution is 0.411. The number of aromatic nitrogens is 1. The van der Waals surface area contributed by atoms with Gasteiger partial charge < -0.3 is 10.6 Å². The van der Waals surface area contributed by atoms with Crippen LogP contribution in [0.2, 0.25) is 0 Å². The molecular weight excluding hydrogens is 230 g/mol. The Hall–Kier alpha value is -0.450. The van der Waals surface area contributed by atoms with Crippen LogP contribution in [0.5, 0.6) is 0 Å². The molecule has 0 bridgehead atoms. The fourth-order valence-corrected chi connectivity index (χ4v) is 3.54. The number of rotatable bonds is 4. The second kappa shape index (κ2) is 5.46. The lowest BCUT2D eigenvalue weighted by Crippen LogP contribution is -2.18. The summed E-state index contributed by atoms with van der Waals surface area (Å²) in [6, 6.07) is 0. The van der Waals surface area contributed by atoms with Crippen LogP contribution in [-0.4, -0.2) is 36.6 Å². The van der Waals surface area contributed by atoms with E-state index in [9.17, 15) is 0 Å². The molecule has 0 aromatic carbocycles. The molecule has 17 heavy (non-hydrogen) atoms. The summed E-state index contributed by atoms with van der Waals surface area (Å²) in [6.45, 7) is 7.50. The summed E-state index contributed by atoms with van der Waals surface area (Å²) >= 11 is 1.82. The van der Waals surface area contributed by atoms with E-state index in [-0.39, 0.29) is 0 Å². The van der Waals surface area contributed by atoms with Crippen molar-refractivity contribution in [3.8, 4) is 0 Å². The highest BCUT2D eigenvalue weighted by atomic mass is 32.1. The van der Waals surface area contributed by atoms with Crippen molar-refractivity contribution in [3.63, 3.8) is 0 Å². The minimum atomic E-state index is 0.416. The molecule has 1 aromatic rings. The molecule has 1 fully saturated rings. The Morgan fingerprint density at radius 2 is 2.35 bits per heavy atom. The molecule has 4 heteroatoms. The van der Waals surface area contributed by atoms with Crippen molar-refractivity contribution in [3.05, 3.63) is 16.1 Å². The molecule has 1 saturated heterocycles. The van der Waals surface area contributed by atoms with E-state index in [1.165, 1.54) is 23.7 Å². The third kappa shape index (κ3) is 2.87. The normalized spacial score (nSPS) is 23.5. The van der Waals surface area contributed by atoms with E-state index >= 15 is 0 Å². The zero-order valence-corrected chi connectivity index (χ0v) is 11.8. The minimum Gasteiger partial charge on any atom is -0.330 e. The standard InChI is InChI=1S/C13H23N3S/c1-9(2)11(6-14)12-8-17-13(15-12)10-4-5-16(3)7-10/h8-11H,4-7,14H2,1-3H3. The van der Waals surface area contributed by atoms with Gasteiger partial charge in [0.25, 0.3) is 0 Å². The molecule has 2 rings (SSSR count). The summed E-state index contributed by atoms with van der Waals surface area (Å²) in [5.74, 6) is 1.63. The Balaban J connectivity index is 2.10. The molecule has 2 unspecified atom stereocenters. The largest absolute Gasteiger partial charge is 0.330 e. The maximum atomic E-state index is 5.85. The molecule has 1 aromatic heterocycles. The van der Waals surface area contributed by atoms with Crippen molar-refractivity contribution < 1.29 is 0 Å². The monoisotopic (exact) mass is 253 g/mol. The van der Waals surface area contributed by atoms with E-state index in [0.29, 0.717) is 24.3 Å². The number of hydrogen-bond donors (Lipinski definition) is 1. The molecule has 0 aliphatic carbocycles. The summed E-state index contributed by atoms with van der Waals surface area (Å²) in [6.07, 6.45) is 1.25. The van der Waals surface area contributed by atoms with Gasteiger partial charge in [0.15, 0.2) is 0 Å². The van der Waals surface area contributed by atoms with Gasteiger partial charge >= 0.3 is 0 Å². The van der Waals surface area contributed by atoms with Gasteiger partial charge in [-0.1, -0.05) is 13.8 Å². The fraction of sp³-hybridized carbons (Fsp3) is 0.769. The van der Waals surface area contributed by atoms with Gasteiger partial charge in [0.1, 0.15) is 0 Å².